The van der Waals surface area contributed by atoms with Crippen molar-refractivity contribution in [1.29, 1.82) is 0 Å². The first-order valence-corrected chi connectivity index (χ1v) is 20.0. The van der Waals surface area contributed by atoms with E-state index in [1.807, 2.05) is 27.7 Å². The summed E-state index contributed by atoms with van der Waals surface area (Å²) in [5.74, 6) is -0.711. The standard InChI is InChI=1S/C45H48N2O2.2C2H6/c1-44(2)39(46(5)37-25-23-33-16-8-10-18-35(33)42(37)44)27-21-31-14-13-15-32(30-31)22-28-40-45(3,4)43-36-19-11-9-17-34(36)24-26-38(43)47(40)29-12-6-7-20-41(48)49;2*1-2/h8-11,16-19,21-28,30H,6-7,12-15,20,29H2,1-5H3;2*1-2H3/p+1. The summed E-state index contributed by atoms with van der Waals surface area (Å²) < 4.78 is 2.38. The maximum Gasteiger partial charge on any atom is 0.303 e. The van der Waals surface area contributed by atoms with Gasteiger partial charge in [0.2, 0.25) is 5.69 Å². The molecule has 0 saturated carbocycles. The lowest BCUT2D eigenvalue weighted by atomic mass is 9.79. The Morgan fingerprint density at radius 1 is 0.755 bits per heavy atom. The van der Waals surface area contributed by atoms with Crippen LogP contribution in [-0.2, 0) is 15.6 Å². The molecule has 4 aromatic rings. The smallest absolute Gasteiger partial charge is 0.303 e. The van der Waals surface area contributed by atoms with Crippen LogP contribution in [0.2, 0.25) is 0 Å². The second-order valence-electron chi connectivity index (χ2n) is 15.1. The zero-order valence-corrected chi connectivity index (χ0v) is 33.7. The minimum absolute atomic E-state index is 0.0932. The van der Waals surface area contributed by atoms with Crippen LogP contribution >= 0.6 is 0 Å². The summed E-state index contributed by atoms with van der Waals surface area (Å²) >= 11 is 0. The van der Waals surface area contributed by atoms with Gasteiger partial charge >= 0.3 is 5.97 Å². The number of aliphatic carboxylic acids is 1. The number of benzene rings is 4. The lowest BCUT2D eigenvalue weighted by molar-refractivity contribution is -0.401. The number of rotatable bonds is 9. The minimum Gasteiger partial charge on any atom is -0.481 e. The van der Waals surface area contributed by atoms with Crippen LogP contribution in [0.5, 0.6) is 0 Å². The van der Waals surface area contributed by atoms with Gasteiger partial charge in [-0.3, -0.25) is 4.79 Å². The predicted molar refractivity (Wildman–Crippen MR) is 228 cm³/mol. The van der Waals surface area contributed by atoms with Gasteiger partial charge in [-0.2, -0.15) is 4.58 Å². The van der Waals surface area contributed by atoms with Crippen molar-refractivity contribution in [3.8, 4) is 0 Å². The third-order valence-corrected chi connectivity index (χ3v) is 11.1. The van der Waals surface area contributed by atoms with Crippen molar-refractivity contribution in [1.82, 2.24) is 0 Å². The molecular formula is C49H61N2O2+. The van der Waals surface area contributed by atoms with Gasteiger partial charge in [0.15, 0.2) is 5.71 Å². The highest BCUT2D eigenvalue weighted by molar-refractivity contribution is 6.07. The van der Waals surface area contributed by atoms with E-state index >= 15 is 0 Å². The number of fused-ring (bicyclic) bond motifs is 6. The maximum absolute atomic E-state index is 11.1. The molecule has 4 nitrogen and oxygen atoms in total. The Labute approximate surface area is 318 Å². The maximum atomic E-state index is 11.1. The molecule has 3 aliphatic rings. The van der Waals surface area contributed by atoms with Crippen molar-refractivity contribution in [2.45, 2.75) is 111 Å². The predicted octanol–water partition coefficient (Wildman–Crippen LogP) is 13.0. The van der Waals surface area contributed by atoms with Crippen molar-refractivity contribution >= 4 is 44.6 Å². The van der Waals surface area contributed by atoms with E-state index < -0.39 is 5.97 Å². The highest BCUT2D eigenvalue weighted by Crippen LogP contribution is 2.51. The Morgan fingerprint density at radius 3 is 2.08 bits per heavy atom. The molecule has 0 saturated heterocycles. The van der Waals surface area contributed by atoms with Crippen LogP contribution in [-0.4, -0.2) is 35.0 Å². The monoisotopic (exact) mass is 709 g/mol. The van der Waals surface area contributed by atoms with E-state index in [1.54, 1.807) is 0 Å². The Kier molecular flexibility index (Phi) is 12.6. The zero-order valence-electron chi connectivity index (χ0n) is 33.7. The lowest BCUT2D eigenvalue weighted by Crippen LogP contribution is -2.27. The molecule has 278 valence electrons. The number of anilines is 1. The van der Waals surface area contributed by atoms with Gasteiger partial charge < -0.3 is 10.0 Å². The number of nitrogens with zero attached hydrogens (tertiary/aromatic N) is 2. The third kappa shape index (κ3) is 7.84. The van der Waals surface area contributed by atoms with Crippen molar-refractivity contribution in [3.63, 3.8) is 0 Å². The molecule has 0 spiro atoms. The molecule has 0 bridgehead atoms. The normalized spacial score (nSPS) is 18.5. The fraction of sp³-hybridized carbons (Fsp3) is 0.388. The summed E-state index contributed by atoms with van der Waals surface area (Å²) in [7, 11) is 2.21. The highest BCUT2D eigenvalue weighted by atomic mass is 16.4. The van der Waals surface area contributed by atoms with Crippen molar-refractivity contribution in [2.24, 2.45) is 0 Å². The second kappa shape index (κ2) is 17.0. The summed E-state index contributed by atoms with van der Waals surface area (Å²) in [6.45, 7) is 18.3. The van der Waals surface area contributed by atoms with Crippen LogP contribution in [0.3, 0.4) is 0 Å². The first kappa shape index (κ1) is 39.5. The van der Waals surface area contributed by atoms with Gasteiger partial charge in [-0.1, -0.05) is 121 Å². The average Bonchev–Trinajstić information content (AvgIpc) is 3.51. The molecule has 0 fully saturated rings. The number of hydrogen-bond acceptors (Lipinski definition) is 2. The minimum atomic E-state index is -0.711. The Morgan fingerprint density at radius 2 is 1.40 bits per heavy atom. The van der Waals surface area contributed by atoms with Crippen molar-refractivity contribution in [3.05, 3.63) is 131 Å². The molecule has 2 heterocycles. The first-order chi connectivity index (χ1) is 25.6. The molecule has 4 aromatic carbocycles. The quantitative estimate of drug-likeness (QED) is 0.139. The number of carbonyl (C=O) groups is 1. The SMILES string of the molecule is CC.CC.C[N+]1=C(/C=C/C2=CC(=C/C=C3/N(CCCCCC(=O)O)c4ccc5ccccc5c4C3(C)C)/CCC2)C(C)(C)c2c1ccc1ccccc21. The van der Waals surface area contributed by atoms with Gasteiger partial charge in [0.25, 0.3) is 0 Å². The molecule has 53 heavy (non-hydrogen) atoms. The first-order valence-electron chi connectivity index (χ1n) is 20.0. The number of unbranched alkanes of at least 4 members (excludes halogenated alkanes) is 2. The Balaban J connectivity index is 0.00000131. The number of hydrogen-bond donors (Lipinski definition) is 1. The van der Waals surface area contributed by atoms with Crippen LogP contribution in [0.4, 0.5) is 11.4 Å². The summed E-state index contributed by atoms with van der Waals surface area (Å²) in [6, 6.07) is 26.5. The highest BCUT2D eigenvalue weighted by Gasteiger charge is 2.44. The molecule has 4 heteroatoms. The number of carboxylic acid groups (broad SMARTS) is 1. The second-order valence-corrected chi connectivity index (χ2v) is 15.1. The summed E-state index contributed by atoms with van der Waals surface area (Å²) in [6.07, 6.45) is 18.0. The molecule has 0 amide bonds. The zero-order chi connectivity index (χ0) is 38.3. The topological polar surface area (TPSA) is 43.5 Å². The fourth-order valence-corrected chi connectivity index (χ4v) is 8.71. The van der Waals surface area contributed by atoms with E-state index in [2.05, 4.69) is 147 Å². The van der Waals surface area contributed by atoms with Crippen LogP contribution in [0.25, 0.3) is 21.5 Å². The molecule has 0 atom stereocenters. The molecule has 2 aliphatic heterocycles. The van der Waals surface area contributed by atoms with Crippen molar-refractivity contribution < 1.29 is 14.5 Å². The van der Waals surface area contributed by atoms with Gasteiger partial charge in [-0.15, -0.1) is 0 Å². The summed E-state index contributed by atoms with van der Waals surface area (Å²) in [5, 5.41) is 14.4. The molecular weight excluding hydrogens is 649 g/mol. The molecule has 7 rings (SSSR count). The molecule has 1 aliphatic carbocycles. The van der Waals surface area contributed by atoms with Gasteiger partial charge in [0.05, 0.1) is 5.41 Å². The van der Waals surface area contributed by atoms with E-state index in [9.17, 15) is 4.79 Å². The number of carboxylic acids is 1. The lowest BCUT2D eigenvalue weighted by Gasteiger charge is -2.27. The van der Waals surface area contributed by atoms with Gasteiger partial charge in [-0.25, -0.2) is 0 Å². The third-order valence-electron chi connectivity index (χ3n) is 11.1. The van der Waals surface area contributed by atoms with E-state index in [-0.39, 0.29) is 17.3 Å². The number of allylic oxidation sites excluding steroid dienone is 8. The Hall–Kier alpha value is -4.70. The van der Waals surface area contributed by atoms with Gasteiger partial charge in [-0.05, 0) is 102 Å². The molecule has 0 unspecified atom stereocenters. The van der Waals surface area contributed by atoms with Crippen LogP contribution in [0.15, 0.2) is 120 Å². The molecule has 1 N–H and O–H groups in total. The summed E-state index contributed by atoms with van der Waals surface area (Å²) in [5.41, 5.74) is 10.5. The van der Waals surface area contributed by atoms with Crippen LogP contribution < -0.4 is 4.90 Å². The molecule has 0 aromatic heterocycles. The average molecular weight is 710 g/mol. The van der Waals surface area contributed by atoms with Crippen LogP contribution in [0, 0.1) is 0 Å². The van der Waals surface area contributed by atoms with Gasteiger partial charge in [0, 0.05) is 47.5 Å². The van der Waals surface area contributed by atoms with E-state index in [0.29, 0.717) is 0 Å². The van der Waals surface area contributed by atoms with E-state index in [1.165, 1.54) is 66.6 Å². The Bertz CT molecular complexity index is 2120. The largest absolute Gasteiger partial charge is 0.481 e. The van der Waals surface area contributed by atoms with E-state index in [4.69, 9.17) is 5.11 Å². The van der Waals surface area contributed by atoms with Gasteiger partial charge in [0.1, 0.15) is 7.05 Å². The fourth-order valence-electron chi connectivity index (χ4n) is 8.71. The van der Waals surface area contributed by atoms with Crippen LogP contribution in [0.1, 0.15) is 111 Å². The molecule has 0 radical (unpaired) electrons. The van der Waals surface area contributed by atoms with Crippen molar-refractivity contribution in [2.75, 3.05) is 18.5 Å². The van der Waals surface area contributed by atoms with E-state index in [0.717, 1.165) is 45.1 Å². The summed E-state index contributed by atoms with van der Waals surface area (Å²) in [4.78, 5) is 13.6.